The van der Waals surface area contributed by atoms with Crippen molar-refractivity contribution in [2.24, 2.45) is 0 Å². The Morgan fingerprint density at radius 2 is 1.52 bits per heavy atom. The van der Waals surface area contributed by atoms with Crippen molar-refractivity contribution in [1.29, 1.82) is 0 Å². The van der Waals surface area contributed by atoms with Crippen LogP contribution in [0.4, 0.5) is 0 Å². The van der Waals surface area contributed by atoms with Crippen LogP contribution in [-0.4, -0.2) is 15.4 Å². The van der Waals surface area contributed by atoms with Crippen molar-refractivity contribution in [3.8, 4) is 17.1 Å². The fourth-order valence-corrected chi connectivity index (χ4v) is 2.44. The lowest BCUT2D eigenvalue weighted by atomic mass is 10.1. The molecule has 0 amide bonds. The van der Waals surface area contributed by atoms with Crippen LogP contribution in [0.5, 0.6) is 0 Å². The molecule has 100 valence electrons. The average molecular weight is 273 g/mol. The summed E-state index contributed by atoms with van der Waals surface area (Å²) in [5.74, 6) is 0.684. The Labute approximate surface area is 121 Å². The van der Waals surface area contributed by atoms with Crippen LogP contribution in [0.2, 0.25) is 0 Å². The van der Waals surface area contributed by atoms with Gasteiger partial charge in [0, 0.05) is 5.39 Å². The van der Waals surface area contributed by atoms with E-state index in [1.807, 2.05) is 54.6 Å². The number of H-pyrrole nitrogens is 1. The molecule has 0 aliphatic carbocycles. The van der Waals surface area contributed by atoms with E-state index < -0.39 is 0 Å². The highest BCUT2D eigenvalue weighted by Crippen LogP contribution is 2.18. The standard InChI is InChI=1S/C17H12N4/c1-2-8-14(9-3-1)17-18-20-21(19-17)16-12-6-10-13-7-4-5-11-15(13)16/h1-12H/p+1. The van der Waals surface area contributed by atoms with Crippen LogP contribution in [0.15, 0.2) is 72.8 Å². The van der Waals surface area contributed by atoms with Crippen LogP contribution in [0.25, 0.3) is 27.8 Å². The van der Waals surface area contributed by atoms with Gasteiger partial charge in [-0.05, 0) is 44.8 Å². The molecule has 0 radical (unpaired) electrons. The molecule has 0 fully saturated rings. The minimum Gasteiger partial charge on any atom is -0.0622 e. The highest BCUT2D eigenvalue weighted by molar-refractivity contribution is 5.88. The molecule has 4 nitrogen and oxygen atoms in total. The summed E-state index contributed by atoms with van der Waals surface area (Å²) in [6.07, 6.45) is 0. The van der Waals surface area contributed by atoms with E-state index in [9.17, 15) is 0 Å². The Morgan fingerprint density at radius 3 is 2.43 bits per heavy atom. The van der Waals surface area contributed by atoms with Gasteiger partial charge in [0.1, 0.15) is 0 Å². The Hall–Kier alpha value is -3.01. The van der Waals surface area contributed by atoms with Crippen molar-refractivity contribution in [3.05, 3.63) is 72.8 Å². The van der Waals surface area contributed by atoms with Gasteiger partial charge >= 0.3 is 5.82 Å². The summed E-state index contributed by atoms with van der Waals surface area (Å²) in [5.41, 5.74) is 1.98. The lowest BCUT2D eigenvalue weighted by Gasteiger charge is -1.99. The van der Waals surface area contributed by atoms with E-state index in [0.29, 0.717) is 5.82 Å². The highest BCUT2D eigenvalue weighted by Gasteiger charge is 2.16. The Kier molecular flexibility index (Phi) is 2.71. The molecule has 1 N–H and O–H groups in total. The van der Waals surface area contributed by atoms with Crippen LogP contribution in [0.3, 0.4) is 0 Å². The number of fused-ring (bicyclic) bond motifs is 1. The second-order valence-corrected chi connectivity index (χ2v) is 4.81. The number of hydrogen-bond acceptors (Lipinski definition) is 2. The van der Waals surface area contributed by atoms with Crippen molar-refractivity contribution in [2.75, 3.05) is 0 Å². The molecule has 0 saturated carbocycles. The predicted molar refractivity (Wildman–Crippen MR) is 80.9 cm³/mol. The Bertz CT molecular complexity index is 891. The van der Waals surface area contributed by atoms with Gasteiger partial charge in [-0.2, -0.15) is 0 Å². The van der Waals surface area contributed by atoms with Gasteiger partial charge in [0.15, 0.2) is 5.69 Å². The van der Waals surface area contributed by atoms with Crippen LogP contribution in [0.1, 0.15) is 0 Å². The zero-order valence-electron chi connectivity index (χ0n) is 11.3. The fraction of sp³-hybridized carbons (Fsp3) is 0. The van der Waals surface area contributed by atoms with Gasteiger partial charge in [-0.1, -0.05) is 48.5 Å². The third-order valence-corrected chi connectivity index (χ3v) is 3.47. The number of aromatic nitrogens is 4. The van der Waals surface area contributed by atoms with Gasteiger partial charge in [0.05, 0.1) is 10.7 Å². The molecule has 1 aromatic heterocycles. The fourth-order valence-electron chi connectivity index (χ4n) is 2.44. The Balaban J connectivity index is 1.85. The van der Waals surface area contributed by atoms with Crippen LogP contribution < -0.4 is 4.80 Å². The largest absolute Gasteiger partial charge is 0.339 e. The highest BCUT2D eigenvalue weighted by atomic mass is 15.6. The summed E-state index contributed by atoms with van der Waals surface area (Å²) in [7, 11) is 0. The molecule has 4 rings (SSSR count). The number of aromatic amines is 1. The molecule has 0 aliphatic heterocycles. The number of rotatable bonds is 2. The molecule has 0 aliphatic rings. The molecular weight excluding hydrogens is 260 g/mol. The van der Waals surface area contributed by atoms with Gasteiger partial charge < -0.3 is 0 Å². The van der Waals surface area contributed by atoms with Gasteiger partial charge in [0.2, 0.25) is 0 Å². The van der Waals surface area contributed by atoms with Crippen LogP contribution in [0, 0.1) is 0 Å². The molecule has 0 saturated heterocycles. The van der Waals surface area contributed by atoms with E-state index >= 15 is 0 Å². The Morgan fingerprint density at radius 1 is 0.762 bits per heavy atom. The summed E-state index contributed by atoms with van der Waals surface area (Å²) in [4.78, 5) is 1.71. The van der Waals surface area contributed by atoms with Gasteiger partial charge in [-0.25, -0.2) is 0 Å². The summed E-state index contributed by atoms with van der Waals surface area (Å²) < 4.78 is 0. The average Bonchev–Trinajstić information content (AvgIpc) is 3.05. The molecule has 1 heterocycles. The monoisotopic (exact) mass is 273 g/mol. The molecule has 0 bridgehead atoms. The molecule has 0 spiro atoms. The third-order valence-electron chi connectivity index (χ3n) is 3.47. The van der Waals surface area contributed by atoms with E-state index in [1.165, 1.54) is 5.39 Å². The molecule has 0 atom stereocenters. The second-order valence-electron chi connectivity index (χ2n) is 4.81. The zero-order chi connectivity index (χ0) is 14.1. The first-order chi connectivity index (χ1) is 10.4. The lowest BCUT2D eigenvalue weighted by Crippen LogP contribution is -2.36. The summed E-state index contributed by atoms with van der Waals surface area (Å²) >= 11 is 0. The minimum absolute atomic E-state index is 0.684. The van der Waals surface area contributed by atoms with Crippen LogP contribution >= 0.6 is 0 Å². The first-order valence-electron chi connectivity index (χ1n) is 6.80. The molecule has 3 aromatic carbocycles. The minimum atomic E-state index is 0.684. The summed E-state index contributed by atoms with van der Waals surface area (Å²) in [5, 5.41) is 14.1. The molecular formula is C17H13N4+. The maximum Gasteiger partial charge on any atom is 0.339 e. The molecule has 4 aromatic rings. The molecule has 4 heteroatoms. The second kappa shape index (κ2) is 4.83. The van der Waals surface area contributed by atoms with Crippen molar-refractivity contribution in [2.45, 2.75) is 0 Å². The molecule has 0 unspecified atom stereocenters. The van der Waals surface area contributed by atoms with Gasteiger partial charge in [-0.15, -0.1) is 0 Å². The van der Waals surface area contributed by atoms with Crippen molar-refractivity contribution in [1.82, 2.24) is 15.4 Å². The quantitative estimate of drug-likeness (QED) is 0.571. The third kappa shape index (κ3) is 2.07. The van der Waals surface area contributed by atoms with E-state index in [-0.39, 0.29) is 0 Å². The predicted octanol–water partition coefficient (Wildman–Crippen LogP) is 2.90. The lowest BCUT2D eigenvalue weighted by molar-refractivity contribution is -0.715. The topological polar surface area (TPSA) is 45.5 Å². The van der Waals surface area contributed by atoms with Gasteiger partial charge in [-0.3, -0.25) is 0 Å². The van der Waals surface area contributed by atoms with Gasteiger partial charge in [0.25, 0.3) is 0 Å². The zero-order valence-corrected chi connectivity index (χ0v) is 11.3. The normalized spacial score (nSPS) is 10.9. The first-order valence-corrected chi connectivity index (χ1v) is 6.80. The maximum absolute atomic E-state index is 4.55. The smallest absolute Gasteiger partial charge is 0.0622 e. The summed E-state index contributed by atoms with van der Waals surface area (Å²) in [6.45, 7) is 0. The van der Waals surface area contributed by atoms with E-state index in [4.69, 9.17) is 0 Å². The van der Waals surface area contributed by atoms with Crippen molar-refractivity contribution >= 4 is 10.8 Å². The number of tetrazole rings is 1. The van der Waals surface area contributed by atoms with Crippen molar-refractivity contribution in [3.63, 3.8) is 0 Å². The number of nitrogens with one attached hydrogen (secondary N) is 1. The van der Waals surface area contributed by atoms with E-state index in [0.717, 1.165) is 16.6 Å². The van der Waals surface area contributed by atoms with Crippen molar-refractivity contribution < 1.29 is 4.80 Å². The number of benzene rings is 3. The number of nitrogens with zero attached hydrogens (tertiary/aromatic N) is 3. The van der Waals surface area contributed by atoms with E-state index in [2.05, 4.69) is 33.6 Å². The SMILES string of the molecule is c1ccc(-c2n[nH][n+](-c3cccc4ccccc34)n2)cc1. The van der Waals surface area contributed by atoms with Crippen LogP contribution in [-0.2, 0) is 0 Å². The summed E-state index contributed by atoms with van der Waals surface area (Å²) in [6, 6.07) is 24.3. The first kappa shape index (κ1) is 11.8. The maximum atomic E-state index is 4.55. The number of hydrogen-bond donors (Lipinski definition) is 1. The molecule has 21 heavy (non-hydrogen) atoms. The van der Waals surface area contributed by atoms with E-state index in [1.54, 1.807) is 4.80 Å².